The normalized spacial score (nSPS) is 13.7. The van der Waals surface area contributed by atoms with Crippen molar-refractivity contribution in [3.8, 4) is 11.5 Å². The Kier molecular flexibility index (Phi) is 9.65. The second-order valence-electron chi connectivity index (χ2n) is 6.65. The molecule has 0 aliphatic rings. The molecule has 0 amide bonds. The van der Waals surface area contributed by atoms with Gasteiger partial charge in [-0.2, -0.15) is 0 Å². The average molecular weight is 644 g/mol. The van der Waals surface area contributed by atoms with Gasteiger partial charge in [0.25, 0.3) is 0 Å². The molecule has 0 saturated heterocycles. The van der Waals surface area contributed by atoms with E-state index in [0.29, 0.717) is 0 Å². The van der Waals surface area contributed by atoms with Crippen molar-refractivity contribution < 1.29 is 21.6 Å². The van der Waals surface area contributed by atoms with E-state index < -0.39 is 19.5 Å². The summed E-state index contributed by atoms with van der Waals surface area (Å²) >= 11 is -8.95. The van der Waals surface area contributed by atoms with Gasteiger partial charge in [-0.05, 0) is 65.3 Å². The van der Waals surface area contributed by atoms with Gasteiger partial charge in [-0.15, -0.1) is 0 Å². The predicted molar refractivity (Wildman–Crippen MR) is 115 cm³/mol. The molecule has 0 saturated carbocycles. The van der Waals surface area contributed by atoms with Crippen molar-refractivity contribution in [2.24, 2.45) is 0 Å². The summed E-state index contributed by atoms with van der Waals surface area (Å²) in [7, 11) is 0. The zero-order valence-corrected chi connectivity index (χ0v) is 20.8. The van der Waals surface area contributed by atoms with Crippen molar-refractivity contribution in [1.29, 1.82) is 0 Å². The van der Waals surface area contributed by atoms with Crippen LogP contribution in [0.2, 0.25) is 0 Å². The van der Waals surface area contributed by atoms with Crippen LogP contribution < -0.4 is 4.74 Å². The molecule has 0 unspecified atom stereocenters. The third kappa shape index (κ3) is 16.8. The van der Waals surface area contributed by atoms with E-state index in [1.54, 1.807) is 0 Å². The van der Waals surface area contributed by atoms with Crippen molar-refractivity contribution in [2.45, 2.75) is 51.9 Å². The summed E-state index contributed by atoms with van der Waals surface area (Å²) in [6.07, 6.45) is 9.28. The molecule has 0 N–H and O–H groups in total. The molecule has 1 nitrogen and oxygen atoms in total. The summed E-state index contributed by atoms with van der Waals surface area (Å²) in [6, 6.07) is 16.6. The maximum atomic E-state index is 9.93. The Bertz CT molecular complexity index is 736. The monoisotopic (exact) mass is 643 g/mol. The van der Waals surface area contributed by atoms with E-state index in [-0.39, 0.29) is 0 Å². The molecular weight excluding hydrogens is 619 g/mol. The Morgan fingerprint density at radius 2 is 1.28 bits per heavy atom. The number of benzene rings is 2. The van der Waals surface area contributed by atoms with Crippen molar-refractivity contribution >= 4 is 42.1 Å². The van der Waals surface area contributed by atoms with E-state index in [1.807, 2.05) is 18.2 Å². The van der Waals surface area contributed by atoms with Crippen LogP contribution in [0.4, 0.5) is 16.9 Å². The zero-order chi connectivity index (χ0) is 22.0. The van der Waals surface area contributed by atoms with Gasteiger partial charge in [0.2, 0.25) is 0 Å². The summed E-state index contributed by atoms with van der Waals surface area (Å²) < 4.78 is 66.6. The van der Waals surface area contributed by atoms with E-state index >= 15 is 0 Å². The van der Waals surface area contributed by atoms with Crippen LogP contribution in [0.15, 0.2) is 48.5 Å². The number of aryl methyl sites for hydroxylation is 1. The number of para-hydroxylation sites is 1. The minimum absolute atomic E-state index is 0.913. The summed E-state index contributed by atoms with van der Waals surface area (Å²) in [4.78, 5) is 0. The first-order chi connectivity index (χ1) is 13.2. The molecule has 2 aromatic rings. The summed E-state index contributed by atoms with van der Waals surface area (Å²) in [5.74, 6) is 1.84. The van der Waals surface area contributed by atoms with Crippen molar-refractivity contribution in [3.63, 3.8) is 0 Å². The van der Waals surface area contributed by atoms with Gasteiger partial charge in [0, 0.05) is 0 Å². The molecule has 2 aromatic carbocycles. The molecule has 0 atom stereocenters. The zero-order valence-electron chi connectivity index (χ0n) is 16.1. The van der Waals surface area contributed by atoms with Crippen molar-refractivity contribution in [3.05, 3.63) is 57.7 Å². The molecule has 0 heterocycles. The molecule has 166 valence electrons. The number of hydrogen-bond acceptors (Lipinski definition) is 1. The molecule has 9 heteroatoms. The maximum absolute atomic E-state index is 11.2. The summed E-state index contributed by atoms with van der Waals surface area (Å²) in [5.41, 5.74) is 1.41. The van der Waals surface area contributed by atoms with Gasteiger partial charge in [-0.3, -0.25) is 0 Å². The molecule has 0 aromatic heterocycles. The van der Waals surface area contributed by atoms with Crippen LogP contribution in [0.1, 0.15) is 51.0 Å². The van der Waals surface area contributed by atoms with Crippen LogP contribution in [0.3, 0.4) is 0 Å². The van der Waals surface area contributed by atoms with Gasteiger partial charge >= 0.3 is 36.4 Å². The Labute approximate surface area is 183 Å². The SMILES string of the molecule is CCCCCCCCc1ccc(Oc2ccccc2I)cc1.[F][Sb-]([F])([F])([F])([F])[F]. The summed E-state index contributed by atoms with van der Waals surface area (Å²) in [6.45, 7) is 2.26. The third-order valence-corrected chi connectivity index (χ3v) is 4.70. The quantitative estimate of drug-likeness (QED) is 0.115. The fourth-order valence-electron chi connectivity index (χ4n) is 2.49. The van der Waals surface area contributed by atoms with Gasteiger partial charge in [0.05, 0.1) is 3.57 Å². The first-order valence-electron chi connectivity index (χ1n) is 9.32. The second-order valence-corrected chi connectivity index (χ2v) is 13.3. The molecular formula is C20H25F6IOSb-. The van der Waals surface area contributed by atoms with Crippen LogP contribution in [0, 0.1) is 3.57 Å². The third-order valence-electron chi connectivity index (χ3n) is 3.81. The fourth-order valence-corrected chi connectivity index (χ4v) is 2.99. The number of halogens is 7. The Balaban J connectivity index is 0.000000516. The number of hydrogen-bond donors (Lipinski definition) is 0. The van der Waals surface area contributed by atoms with E-state index in [4.69, 9.17) is 4.74 Å². The van der Waals surface area contributed by atoms with Crippen LogP contribution in [0.25, 0.3) is 0 Å². The predicted octanol–water partition coefficient (Wildman–Crippen LogP) is 9.13. The van der Waals surface area contributed by atoms with E-state index in [1.165, 1.54) is 50.5 Å². The molecule has 0 radical (unpaired) electrons. The van der Waals surface area contributed by atoms with E-state index in [2.05, 4.69) is 59.8 Å². The standard InChI is InChI=1S/C20H25IO.6FH.Sb/c1-2-3-4-5-6-7-10-17-13-15-18(16-14-17)22-20-12-9-8-11-19(20)21;;;;;;;/h8-9,11-16H,2-7,10H2,1H3;6*1H;/q;;;;;;;+5/p-6. The van der Waals surface area contributed by atoms with Gasteiger partial charge in [-0.25, -0.2) is 0 Å². The molecule has 2 rings (SSSR count). The number of unbranched alkanes of at least 4 members (excludes halogenated alkanes) is 5. The van der Waals surface area contributed by atoms with Crippen molar-refractivity contribution in [1.82, 2.24) is 0 Å². The number of rotatable bonds is 9. The van der Waals surface area contributed by atoms with Gasteiger partial charge in [-0.1, -0.05) is 63.3 Å². The van der Waals surface area contributed by atoms with E-state index in [0.717, 1.165) is 15.1 Å². The second kappa shape index (κ2) is 10.6. The Hall–Kier alpha value is -0.632. The van der Waals surface area contributed by atoms with Crippen LogP contribution in [-0.2, 0) is 6.42 Å². The molecule has 0 aliphatic carbocycles. The first kappa shape index (κ1) is 26.4. The van der Waals surface area contributed by atoms with Crippen LogP contribution in [0.5, 0.6) is 11.5 Å². The summed E-state index contributed by atoms with van der Waals surface area (Å²) in [5, 5.41) is 0. The molecule has 0 fully saturated rings. The van der Waals surface area contributed by atoms with Crippen LogP contribution in [-0.4, -0.2) is 19.5 Å². The molecule has 0 bridgehead atoms. The first-order valence-corrected chi connectivity index (χ1v) is 16.2. The molecule has 0 spiro atoms. The fraction of sp³-hybridized carbons (Fsp3) is 0.400. The molecule has 29 heavy (non-hydrogen) atoms. The van der Waals surface area contributed by atoms with Gasteiger partial charge in [0.15, 0.2) is 0 Å². The number of ether oxygens (including phenoxy) is 1. The van der Waals surface area contributed by atoms with Gasteiger partial charge < -0.3 is 4.74 Å². The topological polar surface area (TPSA) is 9.23 Å². The minimum atomic E-state index is -11.2. The van der Waals surface area contributed by atoms with E-state index in [9.17, 15) is 16.9 Å². The molecule has 0 aliphatic heterocycles. The Morgan fingerprint density at radius 3 is 1.83 bits per heavy atom. The van der Waals surface area contributed by atoms with Gasteiger partial charge in [0.1, 0.15) is 11.5 Å². The van der Waals surface area contributed by atoms with Crippen molar-refractivity contribution in [2.75, 3.05) is 0 Å². The average Bonchev–Trinajstić information content (AvgIpc) is 2.59. The Morgan fingerprint density at radius 1 is 0.759 bits per heavy atom. The van der Waals surface area contributed by atoms with Crippen LogP contribution >= 0.6 is 22.6 Å².